The van der Waals surface area contributed by atoms with Crippen molar-refractivity contribution in [1.82, 2.24) is 0 Å². The molecule has 2 N–H and O–H groups in total. The molecule has 0 aromatic heterocycles. The third-order valence-electron chi connectivity index (χ3n) is 2.24. The van der Waals surface area contributed by atoms with Gasteiger partial charge in [0.05, 0.1) is 0 Å². The van der Waals surface area contributed by atoms with Crippen molar-refractivity contribution in [3.63, 3.8) is 0 Å². The fraction of sp³-hybridized carbons (Fsp3) is 0.385. The van der Waals surface area contributed by atoms with Crippen LogP contribution in [0.4, 0.5) is 0 Å². The highest BCUT2D eigenvalue weighted by atomic mass is 14.6. The topological polar surface area (TPSA) is 26.0 Å². The minimum atomic E-state index is 0.0890. The zero-order valence-corrected chi connectivity index (χ0v) is 9.30. The Labute approximate surface area is 86.6 Å². The molecule has 0 saturated heterocycles. The molecular weight excluding hydrogens is 170 g/mol. The fourth-order valence-corrected chi connectivity index (χ4v) is 1.72. The van der Waals surface area contributed by atoms with Crippen LogP contribution in [-0.2, 0) is 0 Å². The summed E-state index contributed by atoms with van der Waals surface area (Å²) in [7, 11) is 0. The molecule has 1 atom stereocenters. The van der Waals surface area contributed by atoms with Crippen LogP contribution in [0.25, 0.3) is 0 Å². The fourth-order valence-electron chi connectivity index (χ4n) is 1.72. The number of benzene rings is 1. The quantitative estimate of drug-likeness (QED) is 0.726. The van der Waals surface area contributed by atoms with Gasteiger partial charge in [0.15, 0.2) is 0 Å². The van der Waals surface area contributed by atoms with Gasteiger partial charge in [-0.2, -0.15) is 0 Å². The Morgan fingerprint density at radius 1 is 1.29 bits per heavy atom. The minimum Gasteiger partial charge on any atom is -0.324 e. The van der Waals surface area contributed by atoms with E-state index in [0.717, 1.165) is 12.0 Å². The highest BCUT2D eigenvalue weighted by molar-refractivity contribution is 5.31. The van der Waals surface area contributed by atoms with Crippen LogP contribution in [0, 0.1) is 13.8 Å². The molecule has 1 aromatic rings. The third-order valence-corrected chi connectivity index (χ3v) is 2.24. The normalized spacial score (nSPS) is 12.6. The van der Waals surface area contributed by atoms with Crippen molar-refractivity contribution < 1.29 is 0 Å². The zero-order valence-electron chi connectivity index (χ0n) is 9.30. The smallest absolute Gasteiger partial charge is 0.0332 e. The first-order valence-electron chi connectivity index (χ1n) is 4.97. The molecule has 0 unspecified atom stereocenters. The third kappa shape index (κ3) is 3.00. The van der Waals surface area contributed by atoms with E-state index in [4.69, 9.17) is 5.73 Å². The largest absolute Gasteiger partial charge is 0.324 e. The Hall–Kier alpha value is -1.08. The van der Waals surface area contributed by atoms with Gasteiger partial charge in [0, 0.05) is 6.04 Å². The summed E-state index contributed by atoms with van der Waals surface area (Å²) in [5.74, 6) is 0. The number of hydrogen-bond acceptors (Lipinski definition) is 1. The summed E-state index contributed by atoms with van der Waals surface area (Å²) in [5.41, 5.74) is 11.0. The maximum Gasteiger partial charge on any atom is 0.0332 e. The summed E-state index contributed by atoms with van der Waals surface area (Å²) < 4.78 is 0. The van der Waals surface area contributed by atoms with Crippen LogP contribution in [0.2, 0.25) is 0 Å². The average Bonchev–Trinajstić information content (AvgIpc) is 2.00. The van der Waals surface area contributed by atoms with Crippen LogP contribution in [0.5, 0.6) is 0 Å². The van der Waals surface area contributed by atoms with Crippen molar-refractivity contribution in [3.8, 4) is 0 Å². The summed E-state index contributed by atoms with van der Waals surface area (Å²) in [6.07, 6.45) is 0.864. The molecule has 0 fully saturated rings. The first-order valence-corrected chi connectivity index (χ1v) is 4.97. The zero-order chi connectivity index (χ0) is 10.7. The van der Waals surface area contributed by atoms with Crippen LogP contribution in [0.15, 0.2) is 30.4 Å². The molecule has 0 radical (unpaired) electrons. The Balaban J connectivity index is 2.89. The molecule has 1 rings (SSSR count). The van der Waals surface area contributed by atoms with Crippen molar-refractivity contribution in [2.45, 2.75) is 33.2 Å². The Morgan fingerprint density at radius 3 is 2.21 bits per heavy atom. The second-order valence-corrected chi connectivity index (χ2v) is 4.19. The first-order chi connectivity index (χ1) is 6.49. The van der Waals surface area contributed by atoms with E-state index in [1.165, 1.54) is 16.7 Å². The van der Waals surface area contributed by atoms with Gasteiger partial charge in [0.25, 0.3) is 0 Å². The van der Waals surface area contributed by atoms with Crippen molar-refractivity contribution in [2.75, 3.05) is 0 Å². The molecule has 0 aliphatic heterocycles. The lowest BCUT2D eigenvalue weighted by Gasteiger charge is -2.13. The summed E-state index contributed by atoms with van der Waals surface area (Å²) in [6, 6.07) is 6.56. The van der Waals surface area contributed by atoms with Crippen LogP contribution in [0.1, 0.15) is 36.1 Å². The van der Waals surface area contributed by atoms with Gasteiger partial charge in [-0.15, -0.1) is 6.58 Å². The highest BCUT2D eigenvalue weighted by Crippen LogP contribution is 2.20. The molecule has 0 saturated carbocycles. The van der Waals surface area contributed by atoms with E-state index < -0.39 is 0 Å². The summed E-state index contributed by atoms with van der Waals surface area (Å²) in [4.78, 5) is 0. The standard InChI is InChI=1S/C13H19N/c1-9(2)5-13(14)12-7-10(3)6-11(4)8-12/h6-8,13H,1,5,14H2,2-4H3/t13-/m0/s1. The monoisotopic (exact) mass is 189 g/mol. The van der Waals surface area contributed by atoms with Crippen molar-refractivity contribution in [1.29, 1.82) is 0 Å². The lowest BCUT2D eigenvalue weighted by molar-refractivity contribution is 0.715. The van der Waals surface area contributed by atoms with E-state index in [0.29, 0.717) is 0 Å². The van der Waals surface area contributed by atoms with Gasteiger partial charge in [-0.1, -0.05) is 34.9 Å². The average molecular weight is 189 g/mol. The van der Waals surface area contributed by atoms with Gasteiger partial charge in [-0.05, 0) is 32.8 Å². The molecular formula is C13H19N. The van der Waals surface area contributed by atoms with Gasteiger partial charge in [0.2, 0.25) is 0 Å². The minimum absolute atomic E-state index is 0.0890. The van der Waals surface area contributed by atoms with Crippen molar-refractivity contribution >= 4 is 0 Å². The lowest BCUT2D eigenvalue weighted by Crippen LogP contribution is -2.10. The Bertz CT molecular complexity index is 319. The molecule has 0 aliphatic rings. The maximum absolute atomic E-state index is 6.07. The number of aryl methyl sites for hydroxylation is 2. The number of rotatable bonds is 3. The molecule has 0 bridgehead atoms. The molecule has 76 valence electrons. The van der Waals surface area contributed by atoms with E-state index in [2.05, 4.69) is 38.6 Å². The van der Waals surface area contributed by atoms with Crippen LogP contribution < -0.4 is 5.73 Å². The van der Waals surface area contributed by atoms with E-state index in [-0.39, 0.29) is 6.04 Å². The second kappa shape index (κ2) is 4.43. The summed E-state index contributed by atoms with van der Waals surface area (Å²) in [5, 5.41) is 0. The number of hydrogen-bond donors (Lipinski definition) is 1. The van der Waals surface area contributed by atoms with E-state index >= 15 is 0 Å². The predicted octanol–water partition coefficient (Wildman–Crippen LogP) is 3.27. The Kier molecular flexibility index (Phi) is 3.48. The SMILES string of the molecule is C=C(C)C[C@H](N)c1cc(C)cc(C)c1. The molecule has 0 aliphatic carbocycles. The lowest BCUT2D eigenvalue weighted by atomic mass is 9.98. The maximum atomic E-state index is 6.07. The van der Waals surface area contributed by atoms with Gasteiger partial charge in [-0.3, -0.25) is 0 Å². The predicted molar refractivity (Wildman–Crippen MR) is 62.3 cm³/mol. The summed E-state index contributed by atoms with van der Waals surface area (Å²) in [6.45, 7) is 10.1. The van der Waals surface area contributed by atoms with Crippen LogP contribution in [-0.4, -0.2) is 0 Å². The number of nitrogens with two attached hydrogens (primary N) is 1. The van der Waals surface area contributed by atoms with Crippen LogP contribution in [0.3, 0.4) is 0 Å². The molecule has 0 spiro atoms. The molecule has 0 amide bonds. The molecule has 14 heavy (non-hydrogen) atoms. The second-order valence-electron chi connectivity index (χ2n) is 4.19. The van der Waals surface area contributed by atoms with Crippen molar-refractivity contribution in [3.05, 3.63) is 47.0 Å². The first kappa shape index (κ1) is 11.0. The van der Waals surface area contributed by atoms with Gasteiger partial charge in [0.1, 0.15) is 0 Å². The molecule has 1 aromatic carbocycles. The van der Waals surface area contributed by atoms with Gasteiger partial charge >= 0.3 is 0 Å². The van der Waals surface area contributed by atoms with Gasteiger partial charge < -0.3 is 5.73 Å². The highest BCUT2D eigenvalue weighted by Gasteiger charge is 2.06. The van der Waals surface area contributed by atoms with E-state index in [1.54, 1.807) is 0 Å². The summed E-state index contributed by atoms with van der Waals surface area (Å²) >= 11 is 0. The molecule has 1 heteroatoms. The van der Waals surface area contributed by atoms with E-state index in [1.807, 2.05) is 6.92 Å². The van der Waals surface area contributed by atoms with Crippen LogP contribution >= 0.6 is 0 Å². The molecule has 1 nitrogen and oxygen atoms in total. The Morgan fingerprint density at radius 2 is 1.79 bits per heavy atom. The van der Waals surface area contributed by atoms with Crippen molar-refractivity contribution in [2.24, 2.45) is 5.73 Å². The van der Waals surface area contributed by atoms with Gasteiger partial charge in [-0.25, -0.2) is 0 Å². The van der Waals surface area contributed by atoms with E-state index in [9.17, 15) is 0 Å². The molecule has 0 heterocycles.